The van der Waals surface area contributed by atoms with Crippen molar-refractivity contribution in [3.63, 3.8) is 0 Å². The zero-order valence-electron chi connectivity index (χ0n) is 11.9. The molecule has 0 unspecified atom stereocenters. The minimum Gasteiger partial charge on any atom is -0.460 e. The number of esters is 1. The smallest absolute Gasteiger partial charge is 0.338 e. The van der Waals surface area contributed by atoms with Crippen LogP contribution in [0.15, 0.2) is 60.7 Å². The summed E-state index contributed by atoms with van der Waals surface area (Å²) in [5, 5.41) is 0. The van der Waals surface area contributed by atoms with Crippen molar-refractivity contribution in [1.82, 2.24) is 4.90 Å². The van der Waals surface area contributed by atoms with Crippen LogP contribution in [0.2, 0.25) is 0 Å². The highest BCUT2D eigenvalue weighted by atomic mass is 16.5. The molecule has 0 radical (unpaired) electrons. The first-order valence-electron chi connectivity index (χ1n) is 6.71. The van der Waals surface area contributed by atoms with Gasteiger partial charge in [-0.3, -0.25) is 4.79 Å². The van der Waals surface area contributed by atoms with E-state index in [1.54, 1.807) is 43.4 Å². The lowest BCUT2D eigenvalue weighted by Gasteiger charge is -2.17. The van der Waals surface area contributed by atoms with Gasteiger partial charge in [-0.15, -0.1) is 0 Å². The molecule has 4 nitrogen and oxygen atoms in total. The number of benzene rings is 2. The average Bonchev–Trinajstić information content (AvgIpc) is 2.55. The second kappa shape index (κ2) is 7.24. The molecule has 2 aromatic rings. The summed E-state index contributed by atoms with van der Waals surface area (Å²) in [6.45, 7) is 0.523. The van der Waals surface area contributed by atoms with E-state index < -0.39 is 0 Å². The highest BCUT2D eigenvalue weighted by Crippen LogP contribution is 2.04. The summed E-state index contributed by atoms with van der Waals surface area (Å²) in [5.74, 6) is -0.470. The number of hydrogen-bond donors (Lipinski definition) is 0. The number of amides is 1. The Labute approximate surface area is 124 Å². The van der Waals surface area contributed by atoms with Crippen LogP contribution in [-0.4, -0.2) is 37.0 Å². The van der Waals surface area contributed by atoms with Gasteiger partial charge in [0.25, 0.3) is 5.91 Å². The molecule has 1 amide bonds. The van der Waals surface area contributed by atoms with Crippen LogP contribution in [0.3, 0.4) is 0 Å². The molecular formula is C17H17NO3. The number of ether oxygens (including phenoxy) is 1. The first kappa shape index (κ1) is 14.8. The Morgan fingerprint density at radius 3 is 2.00 bits per heavy atom. The van der Waals surface area contributed by atoms with Gasteiger partial charge < -0.3 is 9.64 Å². The van der Waals surface area contributed by atoms with Gasteiger partial charge in [-0.05, 0) is 24.3 Å². The lowest BCUT2D eigenvalue weighted by Crippen LogP contribution is -2.30. The SMILES string of the molecule is CN(CCOC(=O)c1ccccc1)C(=O)c1ccccc1. The largest absolute Gasteiger partial charge is 0.460 e. The topological polar surface area (TPSA) is 46.6 Å². The average molecular weight is 283 g/mol. The molecule has 0 heterocycles. The number of carbonyl (C=O) groups excluding carboxylic acids is 2. The van der Waals surface area contributed by atoms with Gasteiger partial charge in [0.2, 0.25) is 0 Å². The molecule has 0 saturated carbocycles. The van der Waals surface area contributed by atoms with E-state index in [1.165, 1.54) is 4.90 Å². The Bertz CT molecular complexity index is 596. The van der Waals surface area contributed by atoms with Gasteiger partial charge >= 0.3 is 5.97 Å². The van der Waals surface area contributed by atoms with Crippen LogP contribution in [0.5, 0.6) is 0 Å². The Morgan fingerprint density at radius 1 is 0.905 bits per heavy atom. The predicted octanol–water partition coefficient (Wildman–Crippen LogP) is 2.62. The molecule has 0 aliphatic carbocycles. The standard InChI is InChI=1S/C17H17NO3/c1-18(16(19)14-8-4-2-5-9-14)12-13-21-17(20)15-10-6-3-7-11-15/h2-11H,12-13H2,1H3. The van der Waals surface area contributed by atoms with Gasteiger partial charge in [-0.2, -0.15) is 0 Å². The van der Waals surface area contributed by atoms with E-state index in [-0.39, 0.29) is 18.5 Å². The molecule has 0 saturated heterocycles. The van der Waals surface area contributed by atoms with Crippen LogP contribution in [0, 0.1) is 0 Å². The lowest BCUT2D eigenvalue weighted by atomic mass is 10.2. The number of nitrogens with zero attached hydrogens (tertiary/aromatic N) is 1. The minimum atomic E-state index is -0.379. The molecule has 0 N–H and O–H groups in total. The van der Waals surface area contributed by atoms with Crippen molar-refractivity contribution < 1.29 is 14.3 Å². The molecular weight excluding hydrogens is 266 g/mol. The van der Waals surface area contributed by atoms with E-state index in [4.69, 9.17) is 4.74 Å². The summed E-state index contributed by atoms with van der Waals surface area (Å²) in [7, 11) is 1.69. The van der Waals surface area contributed by atoms with E-state index in [0.717, 1.165) is 0 Å². The van der Waals surface area contributed by atoms with Gasteiger partial charge in [-0.1, -0.05) is 36.4 Å². The van der Waals surface area contributed by atoms with Gasteiger partial charge in [0.05, 0.1) is 12.1 Å². The fraction of sp³-hybridized carbons (Fsp3) is 0.176. The number of carbonyl (C=O) groups is 2. The fourth-order valence-corrected chi connectivity index (χ4v) is 1.84. The third kappa shape index (κ3) is 4.18. The van der Waals surface area contributed by atoms with Crippen LogP contribution in [0.25, 0.3) is 0 Å². The van der Waals surface area contributed by atoms with Crippen molar-refractivity contribution >= 4 is 11.9 Å². The molecule has 21 heavy (non-hydrogen) atoms. The number of rotatable bonds is 5. The molecule has 0 atom stereocenters. The molecule has 2 rings (SSSR count). The molecule has 0 aliphatic rings. The van der Waals surface area contributed by atoms with E-state index in [1.807, 2.05) is 24.3 Å². The van der Waals surface area contributed by atoms with Crippen molar-refractivity contribution in [1.29, 1.82) is 0 Å². The van der Waals surface area contributed by atoms with E-state index >= 15 is 0 Å². The zero-order valence-corrected chi connectivity index (χ0v) is 11.9. The van der Waals surface area contributed by atoms with Gasteiger partial charge in [0, 0.05) is 12.6 Å². The monoisotopic (exact) mass is 283 g/mol. The van der Waals surface area contributed by atoms with Crippen molar-refractivity contribution in [2.45, 2.75) is 0 Å². The van der Waals surface area contributed by atoms with E-state index in [0.29, 0.717) is 17.7 Å². The van der Waals surface area contributed by atoms with Gasteiger partial charge in [-0.25, -0.2) is 4.79 Å². The predicted molar refractivity (Wildman–Crippen MR) is 80.1 cm³/mol. The molecule has 2 aromatic carbocycles. The maximum absolute atomic E-state index is 12.1. The van der Waals surface area contributed by atoms with Crippen LogP contribution >= 0.6 is 0 Å². The normalized spacial score (nSPS) is 9.95. The highest BCUT2D eigenvalue weighted by Gasteiger charge is 2.12. The highest BCUT2D eigenvalue weighted by molar-refractivity contribution is 5.94. The van der Waals surface area contributed by atoms with Crippen LogP contribution in [-0.2, 0) is 4.74 Å². The van der Waals surface area contributed by atoms with Crippen molar-refractivity contribution in [2.24, 2.45) is 0 Å². The summed E-state index contributed by atoms with van der Waals surface area (Å²) in [6, 6.07) is 17.8. The van der Waals surface area contributed by atoms with E-state index in [9.17, 15) is 9.59 Å². The van der Waals surface area contributed by atoms with Crippen LogP contribution in [0.4, 0.5) is 0 Å². The quantitative estimate of drug-likeness (QED) is 0.792. The molecule has 0 fully saturated rings. The Balaban J connectivity index is 1.81. The van der Waals surface area contributed by atoms with Crippen molar-refractivity contribution in [3.05, 3.63) is 71.8 Å². The number of likely N-dealkylation sites (N-methyl/N-ethyl adjacent to an activating group) is 1. The molecule has 0 spiro atoms. The fourth-order valence-electron chi connectivity index (χ4n) is 1.84. The first-order chi connectivity index (χ1) is 10.2. The summed E-state index contributed by atoms with van der Waals surface area (Å²) in [5.41, 5.74) is 1.13. The molecule has 4 heteroatoms. The summed E-state index contributed by atoms with van der Waals surface area (Å²) in [6.07, 6.45) is 0. The summed E-state index contributed by atoms with van der Waals surface area (Å²) >= 11 is 0. The van der Waals surface area contributed by atoms with Gasteiger partial charge in [0.1, 0.15) is 6.61 Å². The zero-order chi connectivity index (χ0) is 15.1. The van der Waals surface area contributed by atoms with Gasteiger partial charge in [0.15, 0.2) is 0 Å². The lowest BCUT2D eigenvalue weighted by molar-refractivity contribution is 0.0452. The molecule has 0 aliphatic heterocycles. The third-order valence-electron chi connectivity index (χ3n) is 3.04. The van der Waals surface area contributed by atoms with E-state index in [2.05, 4.69) is 0 Å². The molecule has 0 bridgehead atoms. The van der Waals surface area contributed by atoms with Crippen LogP contribution in [0.1, 0.15) is 20.7 Å². The van der Waals surface area contributed by atoms with Crippen molar-refractivity contribution in [3.8, 4) is 0 Å². The molecule has 108 valence electrons. The Hall–Kier alpha value is -2.62. The van der Waals surface area contributed by atoms with Crippen LogP contribution < -0.4 is 0 Å². The number of hydrogen-bond acceptors (Lipinski definition) is 3. The Kier molecular flexibility index (Phi) is 5.10. The second-order valence-electron chi connectivity index (χ2n) is 4.59. The van der Waals surface area contributed by atoms with Crippen molar-refractivity contribution in [2.75, 3.05) is 20.2 Å². The maximum Gasteiger partial charge on any atom is 0.338 e. The first-order valence-corrected chi connectivity index (χ1v) is 6.71. The summed E-state index contributed by atoms with van der Waals surface area (Å²) in [4.78, 5) is 25.4. The molecule has 0 aromatic heterocycles. The minimum absolute atomic E-state index is 0.0913. The second-order valence-corrected chi connectivity index (χ2v) is 4.59. The maximum atomic E-state index is 12.1. The summed E-state index contributed by atoms with van der Waals surface area (Å²) < 4.78 is 5.15. The third-order valence-corrected chi connectivity index (χ3v) is 3.04. The Morgan fingerprint density at radius 2 is 1.43 bits per heavy atom.